The minimum absolute atomic E-state index is 0.397. The number of rotatable bonds is 5. The number of hydrogen-bond acceptors (Lipinski definition) is 3. The average Bonchev–Trinajstić information content (AvgIpc) is 2.42. The van der Waals surface area contributed by atoms with E-state index in [-0.39, 0.29) is 0 Å². The first-order valence-electron chi connectivity index (χ1n) is 6.59. The molecule has 17 heavy (non-hydrogen) atoms. The van der Waals surface area contributed by atoms with E-state index in [4.69, 9.17) is 4.74 Å². The van der Waals surface area contributed by atoms with Crippen LogP contribution in [-0.2, 0) is 4.74 Å². The van der Waals surface area contributed by atoms with Crippen LogP contribution in [0.1, 0.15) is 43.7 Å². The van der Waals surface area contributed by atoms with Crippen molar-refractivity contribution in [2.45, 2.75) is 44.2 Å². The minimum atomic E-state index is 0.397. The molecule has 1 fully saturated rings. The number of pyridine rings is 1. The molecule has 1 aliphatic heterocycles. The highest BCUT2D eigenvalue weighted by Gasteiger charge is 2.16. The van der Waals surface area contributed by atoms with Crippen molar-refractivity contribution in [2.75, 3.05) is 13.7 Å². The van der Waals surface area contributed by atoms with Gasteiger partial charge in [-0.25, -0.2) is 0 Å². The lowest BCUT2D eigenvalue weighted by Crippen LogP contribution is -2.23. The van der Waals surface area contributed by atoms with Crippen LogP contribution in [0.2, 0.25) is 0 Å². The normalized spacial score (nSPS) is 22.3. The highest BCUT2D eigenvalue weighted by atomic mass is 16.5. The summed E-state index contributed by atoms with van der Waals surface area (Å²) in [6.07, 6.45) is 10.3. The van der Waals surface area contributed by atoms with Gasteiger partial charge < -0.3 is 10.1 Å². The van der Waals surface area contributed by atoms with Crippen LogP contribution in [0.25, 0.3) is 0 Å². The number of aromatic nitrogens is 1. The third-order valence-corrected chi connectivity index (χ3v) is 3.49. The molecule has 0 amide bonds. The van der Waals surface area contributed by atoms with Crippen LogP contribution in [0.5, 0.6) is 0 Å². The van der Waals surface area contributed by atoms with Gasteiger partial charge in [-0.2, -0.15) is 0 Å². The molecule has 1 aromatic heterocycles. The zero-order valence-corrected chi connectivity index (χ0v) is 10.6. The monoisotopic (exact) mass is 234 g/mol. The first-order valence-corrected chi connectivity index (χ1v) is 6.59. The molecule has 2 atom stereocenters. The van der Waals surface area contributed by atoms with Gasteiger partial charge in [0.15, 0.2) is 0 Å². The predicted octanol–water partition coefficient (Wildman–Crippen LogP) is 2.69. The maximum Gasteiger partial charge on any atom is 0.0575 e. The molecule has 0 spiro atoms. The third-order valence-electron chi connectivity index (χ3n) is 3.49. The first kappa shape index (κ1) is 12.5. The molecule has 0 bridgehead atoms. The quantitative estimate of drug-likeness (QED) is 0.850. The van der Waals surface area contributed by atoms with Crippen LogP contribution in [0.15, 0.2) is 24.5 Å². The Morgan fingerprint density at radius 2 is 2.47 bits per heavy atom. The van der Waals surface area contributed by atoms with Gasteiger partial charge in [-0.1, -0.05) is 6.07 Å². The lowest BCUT2D eigenvalue weighted by atomic mass is 9.98. The SMILES string of the molecule is CNC(CCC1CCCCO1)c1cccnc1. The van der Waals surface area contributed by atoms with E-state index in [0.29, 0.717) is 12.1 Å². The van der Waals surface area contributed by atoms with Crippen molar-refractivity contribution in [2.24, 2.45) is 0 Å². The van der Waals surface area contributed by atoms with Crippen LogP contribution < -0.4 is 5.32 Å². The van der Waals surface area contributed by atoms with Gasteiger partial charge in [-0.05, 0) is 50.8 Å². The summed E-state index contributed by atoms with van der Waals surface area (Å²) in [6, 6.07) is 4.53. The molecule has 0 saturated carbocycles. The molecular formula is C14H22N2O. The van der Waals surface area contributed by atoms with Gasteiger partial charge >= 0.3 is 0 Å². The second kappa shape index (κ2) is 6.72. The highest BCUT2D eigenvalue weighted by Crippen LogP contribution is 2.23. The van der Waals surface area contributed by atoms with Gasteiger partial charge in [0, 0.05) is 25.0 Å². The van der Waals surface area contributed by atoms with E-state index in [0.717, 1.165) is 19.4 Å². The van der Waals surface area contributed by atoms with Crippen LogP contribution in [0.3, 0.4) is 0 Å². The Bertz CT molecular complexity index is 309. The molecule has 2 rings (SSSR count). The maximum atomic E-state index is 5.77. The molecule has 1 saturated heterocycles. The van der Waals surface area contributed by atoms with Crippen molar-refractivity contribution in [1.29, 1.82) is 0 Å². The number of ether oxygens (including phenoxy) is 1. The number of hydrogen-bond donors (Lipinski definition) is 1. The molecule has 3 heteroatoms. The van der Waals surface area contributed by atoms with Gasteiger partial charge in [0.1, 0.15) is 0 Å². The molecule has 1 aliphatic rings. The van der Waals surface area contributed by atoms with E-state index in [9.17, 15) is 0 Å². The summed E-state index contributed by atoms with van der Waals surface area (Å²) in [5, 5.41) is 3.36. The van der Waals surface area contributed by atoms with Crippen molar-refractivity contribution < 1.29 is 4.74 Å². The molecule has 94 valence electrons. The summed E-state index contributed by atoms with van der Waals surface area (Å²) in [4.78, 5) is 4.18. The van der Waals surface area contributed by atoms with E-state index in [1.165, 1.54) is 24.8 Å². The molecule has 0 aliphatic carbocycles. The zero-order chi connectivity index (χ0) is 11.9. The topological polar surface area (TPSA) is 34.1 Å². The van der Waals surface area contributed by atoms with E-state index in [1.807, 2.05) is 25.5 Å². The Kier molecular flexibility index (Phi) is 4.95. The summed E-state index contributed by atoms with van der Waals surface area (Å²) >= 11 is 0. The summed E-state index contributed by atoms with van der Waals surface area (Å²) in [6.45, 7) is 0.946. The van der Waals surface area contributed by atoms with Gasteiger partial charge in [0.05, 0.1) is 6.10 Å². The highest BCUT2D eigenvalue weighted by molar-refractivity contribution is 5.13. The second-order valence-electron chi connectivity index (χ2n) is 4.69. The Morgan fingerprint density at radius 3 is 3.12 bits per heavy atom. The average molecular weight is 234 g/mol. The van der Waals surface area contributed by atoms with E-state index >= 15 is 0 Å². The Hall–Kier alpha value is -0.930. The Labute approximate surface area is 104 Å². The fraction of sp³-hybridized carbons (Fsp3) is 0.643. The zero-order valence-electron chi connectivity index (χ0n) is 10.6. The van der Waals surface area contributed by atoms with Crippen molar-refractivity contribution in [3.63, 3.8) is 0 Å². The van der Waals surface area contributed by atoms with Crippen molar-refractivity contribution in [3.8, 4) is 0 Å². The van der Waals surface area contributed by atoms with Crippen LogP contribution in [0, 0.1) is 0 Å². The molecule has 0 aromatic carbocycles. The van der Waals surface area contributed by atoms with Crippen molar-refractivity contribution in [3.05, 3.63) is 30.1 Å². The van der Waals surface area contributed by atoms with Crippen LogP contribution in [0.4, 0.5) is 0 Å². The van der Waals surface area contributed by atoms with Gasteiger partial charge in [-0.15, -0.1) is 0 Å². The number of nitrogens with one attached hydrogen (secondary N) is 1. The van der Waals surface area contributed by atoms with Crippen molar-refractivity contribution >= 4 is 0 Å². The van der Waals surface area contributed by atoms with E-state index < -0.39 is 0 Å². The van der Waals surface area contributed by atoms with Gasteiger partial charge in [0.2, 0.25) is 0 Å². The van der Waals surface area contributed by atoms with Crippen LogP contribution in [-0.4, -0.2) is 24.7 Å². The Morgan fingerprint density at radius 1 is 1.53 bits per heavy atom. The number of nitrogens with zero attached hydrogens (tertiary/aromatic N) is 1. The second-order valence-corrected chi connectivity index (χ2v) is 4.69. The molecule has 2 unspecified atom stereocenters. The third kappa shape index (κ3) is 3.79. The Balaban J connectivity index is 1.83. The fourth-order valence-corrected chi connectivity index (χ4v) is 2.45. The first-order chi connectivity index (χ1) is 8.40. The lowest BCUT2D eigenvalue weighted by Gasteiger charge is -2.24. The smallest absolute Gasteiger partial charge is 0.0575 e. The van der Waals surface area contributed by atoms with Gasteiger partial charge in [-0.3, -0.25) is 4.98 Å². The minimum Gasteiger partial charge on any atom is -0.378 e. The molecule has 0 radical (unpaired) electrons. The molecular weight excluding hydrogens is 212 g/mol. The van der Waals surface area contributed by atoms with E-state index in [1.54, 1.807) is 0 Å². The summed E-state index contributed by atoms with van der Waals surface area (Å²) in [5.41, 5.74) is 1.27. The molecule has 2 heterocycles. The summed E-state index contributed by atoms with van der Waals surface area (Å²) in [7, 11) is 2.01. The lowest BCUT2D eigenvalue weighted by molar-refractivity contribution is 0.00866. The standard InChI is InChI=1S/C14H22N2O/c1-15-14(12-5-4-9-16-11-12)8-7-13-6-2-3-10-17-13/h4-5,9,11,13-15H,2-3,6-8,10H2,1H3. The predicted molar refractivity (Wildman–Crippen MR) is 68.9 cm³/mol. The fourth-order valence-electron chi connectivity index (χ4n) is 2.45. The van der Waals surface area contributed by atoms with Crippen LogP contribution >= 0.6 is 0 Å². The summed E-state index contributed by atoms with van der Waals surface area (Å²) < 4.78 is 5.77. The molecule has 1 aromatic rings. The van der Waals surface area contributed by atoms with Crippen molar-refractivity contribution in [1.82, 2.24) is 10.3 Å². The summed E-state index contributed by atoms with van der Waals surface area (Å²) in [5.74, 6) is 0. The van der Waals surface area contributed by atoms with E-state index in [2.05, 4.69) is 16.4 Å². The molecule has 1 N–H and O–H groups in total. The van der Waals surface area contributed by atoms with Gasteiger partial charge in [0.25, 0.3) is 0 Å². The maximum absolute atomic E-state index is 5.77. The molecule has 3 nitrogen and oxygen atoms in total. The largest absolute Gasteiger partial charge is 0.378 e.